The average molecular weight is 619 g/mol. The highest BCUT2D eigenvalue weighted by molar-refractivity contribution is 7.14. The minimum atomic E-state index is -5.37. The van der Waals surface area contributed by atoms with Gasteiger partial charge in [0.15, 0.2) is 10.3 Å². The normalized spacial score (nSPS) is 12.7. The zero-order chi connectivity index (χ0) is 31.1. The zero-order valence-electron chi connectivity index (χ0n) is 23.8. The molecule has 2 amide bonds. The minimum Gasteiger partial charge on any atom is -0.296 e. The number of thiazole rings is 2. The summed E-state index contributed by atoms with van der Waals surface area (Å²) in [5.41, 5.74) is 4.03. The van der Waals surface area contributed by atoms with Crippen LogP contribution >= 0.6 is 22.7 Å². The number of carbonyl (C=O) groups excluding carboxylic acids is 2. The van der Waals surface area contributed by atoms with Crippen molar-refractivity contribution < 1.29 is 27.2 Å². The Morgan fingerprint density at radius 3 is 1.19 bits per heavy atom. The van der Waals surface area contributed by atoms with Gasteiger partial charge in [0.25, 0.3) is 0 Å². The molecule has 0 saturated heterocycles. The number of carbonyl (C=O) groups is 2. The third-order valence-corrected chi connectivity index (χ3v) is 8.02. The van der Waals surface area contributed by atoms with Crippen molar-refractivity contribution in [1.29, 1.82) is 0 Å². The number of nitrogens with one attached hydrogen (secondary N) is 2. The van der Waals surface area contributed by atoms with Crippen molar-refractivity contribution in [3.63, 3.8) is 0 Å². The first-order valence-electron chi connectivity index (χ1n) is 12.9. The van der Waals surface area contributed by atoms with E-state index in [1.54, 1.807) is 34.9 Å². The van der Waals surface area contributed by atoms with Gasteiger partial charge in [0.05, 0.1) is 11.4 Å². The standard InChI is InChI=1S/C30H30F4N4O2S2/c1-27(2,3)19-11-7-17(8-12-19)21-15-41-25(35-21)37-23(39)29(31,32)30(33,34)24(40)38-26-36-22(16-42-26)18-9-13-20(14-10-18)28(4,5)6/h7-16H,1-6H3,(H,35,37,39)(H,36,38,40). The predicted octanol–water partition coefficient (Wildman–Crippen LogP) is 8.38. The van der Waals surface area contributed by atoms with E-state index >= 15 is 0 Å². The fourth-order valence-corrected chi connectivity index (χ4v) is 5.28. The fourth-order valence-electron chi connectivity index (χ4n) is 3.85. The second-order valence-electron chi connectivity index (χ2n) is 11.8. The number of rotatable bonds is 7. The Kier molecular flexibility index (Phi) is 8.36. The summed E-state index contributed by atoms with van der Waals surface area (Å²) in [4.78, 5) is 32.7. The SMILES string of the molecule is CC(C)(C)c1ccc(-c2csc(NC(=O)C(F)(F)C(F)(F)C(=O)Nc3nc(-c4ccc(C(C)(C)C)cc4)cs3)n2)cc1. The molecule has 0 radical (unpaired) electrons. The number of benzene rings is 2. The lowest BCUT2D eigenvalue weighted by atomic mass is 9.86. The molecule has 42 heavy (non-hydrogen) atoms. The van der Waals surface area contributed by atoms with Gasteiger partial charge in [0, 0.05) is 21.9 Å². The number of nitrogens with zero attached hydrogens (tertiary/aromatic N) is 2. The summed E-state index contributed by atoms with van der Waals surface area (Å²) in [5.74, 6) is -15.5. The summed E-state index contributed by atoms with van der Waals surface area (Å²) in [6.07, 6.45) is 0. The first-order valence-corrected chi connectivity index (χ1v) is 14.7. The van der Waals surface area contributed by atoms with E-state index in [-0.39, 0.29) is 21.1 Å². The third-order valence-electron chi connectivity index (χ3n) is 6.51. The molecule has 2 aromatic carbocycles. The molecule has 222 valence electrons. The lowest BCUT2D eigenvalue weighted by Crippen LogP contribution is -2.56. The van der Waals surface area contributed by atoms with Gasteiger partial charge >= 0.3 is 23.7 Å². The van der Waals surface area contributed by atoms with Crippen LogP contribution in [0.3, 0.4) is 0 Å². The molecule has 0 atom stereocenters. The van der Waals surface area contributed by atoms with Crippen molar-refractivity contribution in [1.82, 2.24) is 9.97 Å². The highest BCUT2D eigenvalue weighted by atomic mass is 32.1. The Morgan fingerprint density at radius 1 is 0.595 bits per heavy atom. The van der Waals surface area contributed by atoms with Crippen molar-refractivity contribution in [3.05, 3.63) is 70.4 Å². The van der Waals surface area contributed by atoms with Crippen molar-refractivity contribution in [3.8, 4) is 22.5 Å². The Hall–Kier alpha value is -3.64. The molecule has 0 spiro atoms. The van der Waals surface area contributed by atoms with Gasteiger partial charge in [-0.3, -0.25) is 20.2 Å². The van der Waals surface area contributed by atoms with E-state index in [4.69, 9.17) is 0 Å². The van der Waals surface area contributed by atoms with Crippen LogP contribution in [-0.2, 0) is 20.4 Å². The van der Waals surface area contributed by atoms with Crippen LogP contribution in [-0.4, -0.2) is 33.6 Å². The molecule has 4 aromatic rings. The average Bonchev–Trinajstić information content (AvgIpc) is 3.57. The van der Waals surface area contributed by atoms with Gasteiger partial charge in [-0.25, -0.2) is 9.97 Å². The lowest BCUT2D eigenvalue weighted by molar-refractivity contribution is -0.204. The Morgan fingerprint density at radius 2 is 0.905 bits per heavy atom. The van der Waals surface area contributed by atoms with Gasteiger partial charge in [0.2, 0.25) is 0 Å². The number of anilines is 2. The third kappa shape index (κ3) is 6.54. The van der Waals surface area contributed by atoms with Crippen LogP contribution in [0.5, 0.6) is 0 Å². The molecule has 2 N–H and O–H groups in total. The van der Waals surface area contributed by atoms with Gasteiger partial charge < -0.3 is 0 Å². The van der Waals surface area contributed by atoms with Gasteiger partial charge in [-0.05, 0) is 22.0 Å². The maximum atomic E-state index is 14.7. The van der Waals surface area contributed by atoms with Crippen molar-refractivity contribution >= 4 is 44.8 Å². The summed E-state index contributed by atoms with van der Waals surface area (Å²) in [7, 11) is 0. The van der Waals surface area contributed by atoms with Gasteiger partial charge in [-0.2, -0.15) is 17.6 Å². The molecular formula is C30H30F4N4O2S2. The van der Waals surface area contributed by atoms with E-state index in [2.05, 4.69) is 51.5 Å². The molecule has 2 heterocycles. The maximum absolute atomic E-state index is 14.7. The molecule has 0 fully saturated rings. The van der Waals surface area contributed by atoms with Crippen molar-refractivity contribution in [2.24, 2.45) is 0 Å². The topological polar surface area (TPSA) is 84.0 Å². The number of hydrogen-bond donors (Lipinski definition) is 2. The van der Waals surface area contributed by atoms with Crippen LogP contribution in [0.15, 0.2) is 59.3 Å². The Balaban J connectivity index is 1.42. The monoisotopic (exact) mass is 618 g/mol. The first kappa shape index (κ1) is 31.3. The largest absolute Gasteiger partial charge is 0.396 e. The van der Waals surface area contributed by atoms with Gasteiger partial charge in [0.1, 0.15) is 0 Å². The van der Waals surface area contributed by atoms with Crippen LogP contribution in [0.1, 0.15) is 52.7 Å². The molecule has 0 bridgehead atoms. The number of alkyl halides is 4. The molecule has 0 saturated carbocycles. The molecule has 0 unspecified atom stereocenters. The number of amides is 2. The highest BCUT2D eigenvalue weighted by Crippen LogP contribution is 2.38. The van der Waals surface area contributed by atoms with Crippen LogP contribution in [0.2, 0.25) is 0 Å². The Labute approximate surface area is 249 Å². The highest BCUT2D eigenvalue weighted by Gasteiger charge is 2.67. The number of aromatic nitrogens is 2. The summed E-state index contributed by atoms with van der Waals surface area (Å²) in [6.45, 7) is 12.3. The molecular weight excluding hydrogens is 588 g/mol. The Bertz CT molecular complexity index is 1460. The van der Waals surface area contributed by atoms with E-state index in [0.717, 1.165) is 33.8 Å². The fraction of sp³-hybridized carbons (Fsp3) is 0.333. The minimum absolute atomic E-state index is 0.0803. The van der Waals surface area contributed by atoms with Crippen molar-refractivity contribution in [2.45, 2.75) is 64.2 Å². The smallest absolute Gasteiger partial charge is 0.296 e. The van der Waals surface area contributed by atoms with Gasteiger partial charge in [-0.1, -0.05) is 90.1 Å². The molecule has 6 nitrogen and oxygen atoms in total. The van der Waals surface area contributed by atoms with E-state index in [0.29, 0.717) is 22.5 Å². The number of halogens is 4. The van der Waals surface area contributed by atoms with Crippen molar-refractivity contribution in [2.75, 3.05) is 10.6 Å². The lowest BCUT2D eigenvalue weighted by Gasteiger charge is -2.23. The molecule has 0 aliphatic heterocycles. The van der Waals surface area contributed by atoms with Crippen LogP contribution in [0.25, 0.3) is 22.5 Å². The van der Waals surface area contributed by atoms with Crippen LogP contribution in [0, 0.1) is 0 Å². The summed E-state index contributed by atoms with van der Waals surface area (Å²) >= 11 is 1.59. The zero-order valence-corrected chi connectivity index (χ0v) is 25.4. The second-order valence-corrected chi connectivity index (χ2v) is 13.5. The summed E-state index contributed by atoms with van der Waals surface area (Å²) in [6, 6.07) is 14.8. The van der Waals surface area contributed by atoms with Crippen LogP contribution < -0.4 is 10.6 Å². The van der Waals surface area contributed by atoms with Crippen LogP contribution in [0.4, 0.5) is 27.8 Å². The molecule has 0 aliphatic rings. The van der Waals surface area contributed by atoms with E-state index in [1.807, 2.05) is 24.3 Å². The molecule has 2 aromatic heterocycles. The van der Waals surface area contributed by atoms with E-state index < -0.39 is 23.7 Å². The second kappa shape index (κ2) is 11.2. The van der Waals surface area contributed by atoms with E-state index in [9.17, 15) is 27.2 Å². The summed E-state index contributed by atoms with van der Waals surface area (Å²) in [5, 5.41) is 5.82. The van der Waals surface area contributed by atoms with E-state index in [1.165, 1.54) is 10.8 Å². The molecule has 4 rings (SSSR count). The number of hydrogen-bond acceptors (Lipinski definition) is 6. The first-order chi connectivity index (χ1) is 19.4. The van der Waals surface area contributed by atoms with Gasteiger partial charge in [-0.15, -0.1) is 22.7 Å². The predicted molar refractivity (Wildman–Crippen MR) is 160 cm³/mol. The molecule has 12 heteroatoms. The maximum Gasteiger partial charge on any atom is 0.396 e. The molecule has 0 aliphatic carbocycles. The summed E-state index contributed by atoms with van der Waals surface area (Å²) < 4.78 is 58.6. The quantitative estimate of drug-likeness (QED) is 0.204.